The number of nitrogens with zero attached hydrogens (tertiary/aromatic N) is 2. The predicted molar refractivity (Wildman–Crippen MR) is 139 cm³/mol. The summed E-state index contributed by atoms with van der Waals surface area (Å²) in [4.78, 5) is 11.7. The van der Waals surface area contributed by atoms with E-state index in [1.165, 1.54) is 18.4 Å². The number of aryl methyl sites for hydroxylation is 1. The number of benzene rings is 2. The van der Waals surface area contributed by atoms with Crippen LogP contribution in [0.5, 0.6) is 5.75 Å². The van der Waals surface area contributed by atoms with E-state index in [0.717, 1.165) is 62.1 Å². The summed E-state index contributed by atoms with van der Waals surface area (Å²) < 4.78 is 11.4. The van der Waals surface area contributed by atoms with Crippen molar-refractivity contribution >= 4 is 17.3 Å². The van der Waals surface area contributed by atoms with Crippen molar-refractivity contribution in [1.82, 2.24) is 0 Å². The number of azo groups is 1. The molecule has 0 saturated carbocycles. The monoisotopic (exact) mass is 464 g/mol. The third kappa shape index (κ3) is 10.8. The number of hydrogen-bond acceptors (Lipinski definition) is 5. The van der Waals surface area contributed by atoms with Gasteiger partial charge >= 0.3 is 5.97 Å². The van der Waals surface area contributed by atoms with E-state index in [-0.39, 0.29) is 12.1 Å². The number of carbonyl (C=O) groups excluding carboxylic acids is 1. The Morgan fingerprint density at radius 2 is 1.50 bits per heavy atom. The molecule has 0 aliphatic rings. The van der Waals surface area contributed by atoms with Gasteiger partial charge < -0.3 is 9.47 Å². The molecule has 5 heteroatoms. The first kappa shape index (κ1) is 27.3. The van der Waals surface area contributed by atoms with Crippen LogP contribution in [-0.2, 0) is 16.0 Å². The standard InChI is InChI=1S/C29H40N2O3/c1-5-7-12-24-14-16-25(17-15-24)30-31-26-18-20-27(21-19-26)33-22-10-8-9-13-28(11-6-2)34-29(32)23(3)4/h14-21,28H,3,5-13,22H2,1-2,4H3/b31-30+. The molecule has 0 fully saturated rings. The number of hydrogen-bond donors (Lipinski definition) is 0. The van der Waals surface area contributed by atoms with Gasteiger partial charge in [0, 0.05) is 5.57 Å². The summed E-state index contributed by atoms with van der Waals surface area (Å²) in [6.07, 6.45) is 9.29. The third-order valence-corrected chi connectivity index (χ3v) is 5.54. The SMILES string of the molecule is C=C(C)C(=O)OC(CCC)CCCCCOc1ccc(/N=N/c2ccc(CCCC)cc2)cc1. The zero-order valence-corrected chi connectivity index (χ0v) is 21.1. The summed E-state index contributed by atoms with van der Waals surface area (Å²) in [6.45, 7) is 10.3. The first-order valence-electron chi connectivity index (χ1n) is 12.6. The fraction of sp³-hybridized carbons (Fsp3) is 0.483. The zero-order chi connectivity index (χ0) is 24.6. The number of rotatable bonds is 16. The Hall–Kier alpha value is -2.95. The fourth-order valence-electron chi connectivity index (χ4n) is 3.51. The highest BCUT2D eigenvalue weighted by molar-refractivity contribution is 5.87. The van der Waals surface area contributed by atoms with Crippen LogP contribution in [-0.4, -0.2) is 18.7 Å². The van der Waals surface area contributed by atoms with E-state index in [2.05, 4.69) is 42.8 Å². The van der Waals surface area contributed by atoms with Gasteiger partial charge in [0.1, 0.15) is 11.9 Å². The molecular weight excluding hydrogens is 424 g/mol. The molecule has 0 radical (unpaired) electrons. The van der Waals surface area contributed by atoms with Gasteiger partial charge in [-0.2, -0.15) is 10.2 Å². The molecule has 0 aliphatic heterocycles. The van der Waals surface area contributed by atoms with Gasteiger partial charge in [-0.05, 0) is 93.8 Å². The second-order valence-electron chi connectivity index (χ2n) is 8.76. The maximum Gasteiger partial charge on any atom is 0.333 e. The van der Waals surface area contributed by atoms with Crippen molar-refractivity contribution < 1.29 is 14.3 Å². The van der Waals surface area contributed by atoms with Crippen LogP contribution in [0.3, 0.4) is 0 Å². The van der Waals surface area contributed by atoms with Crippen molar-refractivity contribution in [1.29, 1.82) is 0 Å². The van der Waals surface area contributed by atoms with Crippen LogP contribution in [0.2, 0.25) is 0 Å². The Kier molecular flexibility index (Phi) is 12.7. The van der Waals surface area contributed by atoms with Crippen LogP contribution in [0.25, 0.3) is 0 Å². The van der Waals surface area contributed by atoms with Gasteiger partial charge in [0.15, 0.2) is 0 Å². The second-order valence-corrected chi connectivity index (χ2v) is 8.76. The Morgan fingerprint density at radius 3 is 2.09 bits per heavy atom. The lowest BCUT2D eigenvalue weighted by Gasteiger charge is -2.17. The van der Waals surface area contributed by atoms with Crippen LogP contribution in [0.15, 0.2) is 70.9 Å². The van der Waals surface area contributed by atoms with E-state index < -0.39 is 0 Å². The molecule has 2 rings (SSSR count). The first-order chi connectivity index (χ1) is 16.5. The van der Waals surface area contributed by atoms with E-state index >= 15 is 0 Å². The second kappa shape index (κ2) is 15.8. The molecule has 34 heavy (non-hydrogen) atoms. The number of esters is 1. The Balaban J connectivity index is 1.67. The summed E-state index contributed by atoms with van der Waals surface area (Å²) >= 11 is 0. The van der Waals surface area contributed by atoms with Gasteiger partial charge in [0.25, 0.3) is 0 Å². The Labute approximate surface area is 205 Å². The lowest BCUT2D eigenvalue weighted by molar-refractivity contribution is -0.144. The highest BCUT2D eigenvalue weighted by Crippen LogP contribution is 2.22. The minimum Gasteiger partial charge on any atom is -0.494 e. The van der Waals surface area contributed by atoms with Crippen molar-refractivity contribution in [3.63, 3.8) is 0 Å². The molecule has 1 unspecified atom stereocenters. The molecule has 0 saturated heterocycles. The molecule has 184 valence electrons. The maximum atomic E-state index is 11.7. The molecule has 2 aromatic carbocycles. The molecule has 0 aliphatic carbocycles. The molecule has 0 spiro atoms. The average molecular weight is 465 g/mol. The van der Waals surface area contributed by atoms with E-state index in [0.29, 0.717) is 12.2 Å². The third-order valence-electron chi connectivity index (χ3n) is 5.54. The summed E-state index contributed by atoms with van der Waals surface area (Å²) in [5.41, 5.74) is 3.46. The molecule has 0 N–H and O–H groups in total. The van der Waals surface area contributed by atoms with E-state index in [9.17, 15) is 4.79 Å². The Morgan fingerprint density at radius 1 is 0.853 bits per heavy atom. The van der Waals surface area contributed by atoms with Gasteiger partial charge in [0.05, 0.1) is 18.0 Å². The zero-order valence-electron chi connectivity index (χ0n) is 21.1. The number of carbonyl (C=O) groups is 1. The summed E-state index contributed by atoms with van der Waals surface area (Å²) in [6, 6.07) is 16.0. The van der Waals surface area contributed by atoms with Crippen molar-refractivity contribution in [3.05, 3.63) is 66.2 Å². The molecule has 0 bridgehead atoms. The minimum absolute atomic E-state index is 0.0178. The topological polar surface area (TPSA) is 60.2 Å². The average Bonchev–Trinajstić information content (AvgIpc) is 2.84. The smallest absolute Gasteiger partial charge is 0.333 e. The molecule has 0 aromatic heterocycles. The quantitative estimate of drug-likeness (QED) is 0.108. The highest BCUT2D eigenvalue weighted by atomic mass is 16.5. The fourth-order valence-corrected chi connectivity index (χ4v) is 3.51. The van der Waals surface area contributed by atoms with Crippen molar-refractivity contribution in [2.45, 2.75) is 84.7 Å². The molecular formula is C29H40N2O3. The normalized spacial score (nSPS) is 12.0. The van der Waals surface area contributed by atoms with Crippen LogP contribution >= 0.6 is 0 Å². The first-order valence-corrected chi connectivity index (χ1v) is 12.6. The summed E-state index contributed by atoms with van der Waals surface area (Å²) in [5, 5.41) is 8.65. The number of ether oxygens (including phenoxy) is 2. The van der Waals surface area contributed by atoms with Crippen molar-refractivity contribution in [3.8, 4) is 5.75 Å². The highest BCUT2D eigenvalue weighted by Gasteiger charge is 2.13. The molecule has 0 amide bonds. The van der Waals surface area contributed by atoms with Crippen LogP contribution in [0.1, 0.15) is 77.7 Å². The lowest BCUT2D eigenvalue weighted by Crippen LogP contribution is -2.18. The summed E-state index contributed by atoms with van der Waals surface area (Å²) in [7, 11) is 0. The van der Waals surface area contributed by atoms with E-state index in [1.54, 1.807) is 6.92 Å². The predicted octanol–water partition coefficient (Wildman–Crippen LogP) is 8.67. The van der Waals surface area contributed by atoms with Gasteiger partial charge in [-0.3, -0.25) is 0 Å². The van der Waals surface area contributed by atoms with Crippen molar-refractivity contribution in [2.75, 3.05) is 6.61 Å². The maximum absolute atomic E-state index is 11.7. The minimum atomic E-state index is -0.287. The molecule has 1 atom stereocenters. The lowest BCUT2D eigenvalue weighted by atomic mass is 10.1. The van der Waals surface area contributed by atoms with E-state index in [4.69, 9.17) is 9.47 Å². The van der Waals surface area contributed by atoms with Crippen molar-refractivity contribution in [2.24, 2.45) is 10.2 Å². The van der Waals surface area contributed by atoms with Crippen LogP contribution in [0, 0.1) is 0 Å². The van der Waals surface area contributed by atoms with Crippen LogP contribution in [0.4, 0.5) is 11.4 Å². The molecule has 2 aromatic rings. The van der Waals surface area contributed by atoms with Gasteiger partial charge in [-0.1, -0.05) is 45.4 Å². The van der Waals surface area contributed by atoms with Gasteiger partial charge in [0.2, 0.25) is 0 Å². The van der Waals surface area contributed by atoms with Gasteiger partial charge in [-0.15, -0.1) is 0 Å². The molecule has 0 heterocycles. The Bertz CT molecular complexity index is 889. The summed E-state index contributed by atoms with van der Waals surface area (Å²) in [5.74, 6) is 0.545. The van der Waals surface area contributed by atoms with E-state index in [1.807, 2.05) is 36.4 Å². The van der Waals surface area contributed by atoms with Gasteiger partial charge in [-0.25, -0.2) is 4.79 Å². The molecule has 5 nitrogen and oxygen atoms in total. The largest absolute Gasteiger partial charge is 0.494 e. The number of unbranched alkanes of at least 4 members (excludes halogenated alkanes) is 3. The van der Waals surface area contributed by atoms with Crippen LogP contribution < -0.4 is 4.74 Å².